The smallest absolute Gasteiger partial charge is 0.266 e. The van der Waals surface area contributed by atoms with E-state index in [0.29, 0.717) is 34.4 Å². The summed E-state index contributed by atoms with van der Waals surface area (Å²) in [6.45, 7) is 10.0. The van der Waals surface area contributed by atoms with Gasteiger partial charge in [0, 0.05) is 5.69 Å². The Hall–Kier alpha value is -2.97. The van der Waals surface area contributed by atoms with E-state index < -0.39 is 5.91 Å². The molecule has 0 atom stereocenters. The molecular formula is C23H25ClN2O3. The Labute approximate surface area is 176 Å². The Balaban J connectivity index is 2.34. The summed E-state index contributed by atoms with van der Waals surface area (Å²) in [4.78, 5) is 12.6. The molecule has 1 N–H and O–H groups in total. The zero-order chi connectivity index (χ0) is 21.6. The molecule has 2 aromatic carbocycles. The fraction of sp³-hybridized carbons (Fsp3) is 0.304. The second-order valence-corrected chi connectivity index (χ2v) is 7.26. The lowest BCUT2D eigenvalue weighted by Gasteiger charge is -2.16. The number of carbonyl (C=O) groups is 1. The minimum absolute atomic E-state index is 0.0423. The Morgan fingerprint density at radius 2 is 1.97 bits per heavy atom. The maximum absolute atomic E-state index is 12.6. The van der Waals surface area contributed by atoms with Gasteiger partial charge in [-0.3, -0.25) is 4.79 Å². The number of halogens is 1. The number of aryl methyl sites for hydroxylation is 2. The fourth-order valence-electron chi connectivity index (χ4n) is 2.62. The summed E-state index contributed by atoms with van der Waals surface area (Å²) >= 11 is 6.36. The van der Waals surface area contributed by atoms with Gasteiger partial charge in [-0.25, -0.2) is 0 Å². The van der Waals surface area contributed by atoms with Gasteiger partial charge >= 0.3 is 0 Å². The molecule has 0 aliphatic heterocycles. The standard InChI is InChI=1S/C23H25ClN2O3/c1-6-28-21-12-17(11-20(24)22(21)29-14(2)3)10-18(13-25)23(27)26-19-8-7-15(4)16(5)9-19/h7-12,14H,6H2,1-5H3,(H,26,27)/b18-10+. The predicted molar refractivity (Wildman–Crippen MR) is 117 cm³/mol. The average molecular weight is 413 g/mol. The molecule has 152 valence electrons. The normalized spacial score (nSPS) is 11.2. The molecule has 5 nitrogen and oxygen atoms in total. The summed E-state index contributed by atoms with van der Waals surface area (Å²) in [6.07, 6.45) is 1.40. The molecule has 6 heteroatoms. The van der Waals surface area contributed by atoms with Gasteiger partial charge in [0.05, 0.1) is 17.7 Å². The van der Waals surface area contributed by atoms with Gasteiger partial charge < -0.3 is 14.8 Å². The van der Waals surface area contributed by atoms with E-state index in [-0.39, 0.29) is 11.7 Å². The van der Waals surface area contributed by atoms with E-state index in [1.807, 2.05) is 52.8 Å². The molecule has 29 heavy (non-hydrogen) atoms. The number of amides is 1. The molecule has 0 saturated carbocycles. The molecule has 0 fully saturated rings. The quantitative estimate of drug-likeness (QED) is 0.468. The van der Waals surface area contributed by atoms with E-state index in [1.54, 1.807) is 18.2 Å². The van der Waals surface area contributed by atoms with Crippen LogP contribution < -0.4 is 14.8 Å². The van der Waals surface area contributed by atoms with Crippen molar-refractivity contribution in [2.75, 3.05) is 11.9 Å². The lowest BCUT2D eigenvalue weighted by atomic mass is 10.1. The van der Waals surface area contributed by atoms with Crippen LogP contribution in [0.2, 0.25) is 5.02 Å². The largest absolute Gasteiger partial charge is 0.490 e. The van der Waals surface area contributed by atoms with Gasteiger partial charge in [0.2, 0.25) is 0 Å². The highest BCUT2D eigenvalue weighted by Crippen LogP contribution is 2.38. The van der Waals surface area contributed by atoms with Gasteiger partial charge in [-0.05, 0) is 81.7 Å². The van der Waals surface area contributed by atoms with E-state index in [2.05, 4.69) is 5.32 Å². The summed E-state index contributed by atoms with van der Waals surface area (Å²) in [5, 5.41) is 12.6. The number of ether oxygens (including phenoxy) is 2. The lowest BCUT2D eigenvalue weighted by molar-refractivity contribution is -0.112. The van der Waals surface area contributed by atoms with Crippen LogP contribution in [0.15, 0.2) is 35.9 Å². The van der Waals surface area contributed by atoms with Crippen molar-refractivity contribution >= 4 is 29.3 Å². The Morgan fingerprint density at radius 1 is 1.24 bits per heavy atom. The number of nitrogens with one attached hydrogen (secondary N) is 1. The van der Waals surface area contributed by atoms with E-state index >= 15 is 0 Å². The lowest BCUT2D eigenvalue weighted by Crippen LogP contribution is -2.13. The van der Waals surface area contributed by atoms with Crippen molar-refractivity contribution in [3.05, 3.63) is 57.6 Å². The molecule has 0 radical (unpaired) electrons. The molecule has 0 spiro atoms. The molecule has 2 rings (SSSR count). The topological polar surface area (TPSA) is 71.3 Å². The third-order valence-electron chi connectivity index (χ3n) is 4.13. The molecule has 0 unspecified atom stereocenters. The number of carbonyl (C=O) groups excluding carboxylic acids is 1. The number of hydrogen-bond donors (Lipinski definition) is 1. The summed E-state index contributed by atoms with van der Waals surface area (Å²) in [5.74, 6) is 0.415. The van der Waals surface area contributed by atoms with Crippen LogP contribution in [-0.4, -0.2) is 18.6 Å². The Bertz CT molecular complexity index is 975. The number of hydrogen-bond acceptors (Lipinski definition) is 4. The minimum atomic E-state index is -0.493. The van der Waals surface area contributed by atoms with Crippen LogP contribution in [0.3, 0.4) is 0 Å². The summed E-state index contributed by atoms with van der Waals surface area (Å²) in [5.41, 5.74) is 3.34. The van der Waals surface area contributed by atoms with Crippen molar-refractivity contribution in [2.45, 2.75) is 40.7 Å². The van der Waals surface area contributed by atoms with E-state index in [1.165, 1.54) is 6.08 Å². The fourth-order valence-corrected chi connectivity index (χ4v) is 2.88. The van der Waals surface area contributed by atoms with Crippen molar-refractivity contribution in [1.82, 2.24) is 0 Å². The van der Waals surface area contributed by atoms with Crippen LogP contribution in [0.5, 0.6) is 11.5 Å². The van der Waals surface area contributed by atoms with Crippen molar-refractivity contribution in [3.63, 3.8) is 0 Å². The van der Waals surface area contributed by atoms with Gasteiger partial charge in [-0.2, -0.15) is 5.26 Å². The highest BCUT2D eigenvalue weighted by molar-refractivity contribution is 6.32. The Morgan fingerprint density at radius 3 is 2.55 bits per heavy atom. The van der Waals surface area contributed by atoms with Gasteiger partial charge in [-0.15, -0.1) is 0 Å². The monoisotopic (exact) mass is 412 g/mol. The Kier molecular flexibility index (Phi) is 7.69. The van der Waals surface area contributed by atoms with Crippen LogP contribution in [0.4, 0.5) is 5.69 Å². The number of nitriles is 1. The zero-order valence-corrected chi connectivity index (χ0v) is 18.1. The van der Waals surface area contributed by atoms with Gasteiger partial charge in [0.1, 0.15) is 11.6 Å². The van der Waals surface area contributed by atoms with Crippen molar-refractivity contribution in [3.8, 4) is 17.6 Å². The number of nitrogens with zero attached hydrogens (tertiary/aromatic N) is 1. The van der Waals surface area contributed by atoms with Crippen molar-refractivity contribution < 1.29 is 14.3 Å². The summed E-state index contributed by atoms with van der Waals surface area (Å²) < 4.78 is 11.4. The van der Waals surface area contributed by atoms with E-state index in [0.717, 1.165) is 11.1 Å². The van der Waals surface area contributed by atoms with Crippen LogP contribution in [0, 0.1) is 25.2 Å². The third kappa shape index (κ3) is 6.00. The van der Waals surface area contributed by atoms with E-state index in [4.69, 9.17) is 21.1 Å². The van der Waals surface area contributed by atoms with Gasteiger partial charge in [0.15, 0.2) is 11.5 Å². The number of benzene rings is 2. The van der Waals surface area contributed by atoms with Gasteiger partial charge in [-0.1, -0.05) is 17.7 Å². The molecule has 0 saturated heterocycles. The molecular weight excluding hydrogens is 388 g/mol. The number of rotatable bonds is 7. The predicted octanol–water partition coefficient (Wildman–Crippen LogP) is 5.69. The second kappa shape index (κ2) is 9.99. The van der Waals surface area contributed by atoms with Crippen molar-refractivity contribution in [1.29, 1.82) is 5.26 Å². The van der Waals surface area contributed by atoms with Crippen LogP contribution in [0.25, 0.3) is 6.08 Å². The zero-order valence-electron chi connectivity index (χ0n) is 17.3. The maximum atomic E-state index is 12.6. The van der Waals surface area contributed by atoms with Crippen LogP contribution in [-0.2, 0) is 4.79 Å². The first kappa shape index (κ1) is 22.3. The highest BCUT2D eigenvalue weighted by Gasteiger charge is 2.15. The first-order valence-corrected chi connectivity index (χ1v) is 9.76. The van der Waals surface area contributed by atoms with E-state index in [9.17, 15) is 10.1 Å². The van der Waals surface area contributed by atoms with Crippen LogP contribution >= 0.6 is 11.6 Å². The second-order valence-electron chi connectivity index (χ2n) is 6.85. The summed E-state index contributed by atoms with van der Waals surface area (Å²) in [6, 6.07) is 10.9. The summed E-state index contributed by atoms with van der Waals surface area (Å²) in [7, 11) is 0. The third-order valence-corrected chi connectivity index (χ3v) is 4.41. The number of anilines is 1. The SMILES string of the molecule is CCOc1cc(/C=C(\C#N)C(=O)Nc2ccc(C)c(C)c2)cc(Cl)c1OC(C)C. The molecule has 0 bridgehead atoms. The molecule has 0 heterocycles. The first-order chi connectivity index (χ1) is 13.7. The molecule has 1 amide bonds. The first-order valence-electron chi connectivity index (χ1n) is 9.38. The average Bonchev–Trinajstić information content (AvgIpc) is 2.65. The molecule has 0 aliphatic carbocycles. The molecule has 2 aromatic rings. The van der Waals surface area contributed by atoms with Crippen LogP contribution in [0.1, 0.15) is 37.5 Å². The van der Waals surface area contributed by atoms with Crippen molar-refractivity contribution in [2.24, 2.45) is 0 Å². The minimum Gasteiger partial charge on any atom is -0.490 e. The molecule has 0 aliphatic rings. The van der Waals surface area contributed by atoms with Gasteiger partial charge in [0.25, 0.3) is 5.91 Å². The maximum Gasteiger partial charge on any atom is 0.266 e. The highest BCUT2D eigenvalue weighted by atomic mass is 35.5. The molecule has 0 aromatic heterocycles.